The van der Waals surface area contributed by atoms with E-state index in [9.17, 15) is 22.4 Å². The first-order chi connectivity index (χ1) is 11.3. The quantitative estimate of drug-likeness (QED) is 0.808. The molecule has 6 nitrogen and oxygen atoms in total. The Bertz CT molecular complexity index is 721. The Kier molecular flexibility index (Phi) is 5.93. The smallest absolute Gasteiger partial charge is 0.246 e. The summed E-state index contributed by atoms with van der Waals surface area (Å²) in [5.74, 6) is -1.08. The van der Waals surface area contributed by atoms with E-state index in [1.807, 2.05) is 0 Å². The summed E-state index contributed by atoms with van der Waals surface area (Å²) in [4.78, 5) is 23.9. The number of sulfone groups is 1. The second-order valence-electron chi connectivity index (χ2n) is 6.07. The van der Waals surface area contributed by atoms with E-state index in [0.717, 1.165) is 0 Å². The summed E-state index contributed by atoms with van der Waals surface area (Å²) >= 11 is 0. The number of amides is 2. The summed E-state index contributed by atoms with van der Waals surface area (Å²) in [6.45, 7) is 1.51. The molecule has 0 spiro atoms. The Balaban J connectivity index is 1.77. The highest BCUT2D eigenvalue weighted by Crippen LogP contribution is 2.22. The molecule has 1 fully saturated rings. The van der Waals surface area contributed by atoms with E-state index in [2.05, 4.69) is 10.6 Å². The first-order valence-electron chi connectivity index (χ1n) is 7.82. The maximum atomic E-state index is 13.5. The van der Waals surface area contributed by atoms with Gasteiger partial charge in [0.15, 0.2) is 9.84 Å². The Morgan fingerprint density at radius 3 is 2.67 bits per heavy atom. The molecule has 2 amide bonds. The predicted octanol–water partition coefficient (Wildman–Crippen LogP) is 1.48. The summed E-state index contributed by atoms with van der Waals surface area (Å²) in [6, 6.07) is 4.96. The minimum absolute atomic E-state index is 0.00305. The monoisotopic (exact) mass is 356 g/mol. The van der Waals surface area contributed by atoms with Gasteiger partial charge >= 0.3 is 0 Å². The summed E-state index contributed by atoms with van der Waals surface area (Å²) in [5.41, 5.74) is 0.0553. The van der Waals surface area contributed by atoms with E-state index in [1.54, 1.807) is 6.07 Å². The second-order valence-corrected chi connectivity index (χ2v) is 8.29. The molecular formula is C16H21FN2O4S. The molecular weight excluding hydrogens is 335 g/mol. The van der Waals surface area contributed by atoms with Gasteiger partial charge < -0.3 is 10.6 Å². The number of hydrogen-bond donors (Lipinski definition) is 2. The van der Waals surface area contributed by atoms with Crippen LogP contribution in [0.1, 0.15) is 26.2 Å². The van der Waals surface area contributed by atoms with Crippen LogP contribution in [-0.2, 0) is 19.4 Å². The van der Waals surface area contributed by atoms with E-state index in [4.69, 9.17) is 0 Å². The van der Waals surface area contributed by atoms with Gasteiger partial charge in [0, 0.05) is 6.42 Å². The van der Waals surface area contributed by atoms with Gasteiger partial charge in [0.05, 0.1) is 17.2 Å². The normalized spacial score (nSPS) is 20.3. The standard InChI is InChI=1S/C16H21FN2O4S/c1-11(16(21)19-14-5-3-2-4-13(14)17)18-15(20)7-6-12-8-9-24(22,23)10-12/h2-5,11-12H,6-10H2,1H3,(H,18,20)(H,19,21). The fourth-order valence-electron chi connectivity index (χ4n) is 2.62. The molecule has 2 unspecified atom stereocenters. The van der Waals surface area contributed by atoms with Crippen molar-refractivity contribution >= 4 is 27.3 Å². The van der Waals surface area contributed by atoms with Crippen LogP contribution in [0.15, 0.2) is 24.3 Å². The predicted molar refractivity (Wildman–Crippen MR) is 88.6 cm³/mol. The van der Waals surface area contributed by atoms with Gasteiger partial charge in [-0.3, -0.25) is 9.59 Å². The van der Waals surface area contributed by atoms with Crippen LogP contribution in [-0.4, -0.2) is 37.8 Å². The number of para-hydroxylation sites is 1. The Morgan fingerprint density at radius 1 is 1.33 bits per heavy atom. The van der Waals surface area contributed by atoms with Crippen molar-refractivity contribution in [1.82, 2.24) is 5.32 Å². The zero-order chi connectivity index (χ0) is 17.7. The van der Waals surface area contributed by atoms with E-state index >= 15 is 0 Å². The molecule has 1 heterocycles. The van der Waals surface area contributed by atoms with Crippen LogP contribution in [0.5, 0.6) is 0 Å². The average Bonchev–Trinajstić information content (AvgIpc) is 2.86. The van der Waals surface area contributed by atoms with Crippen molar-refractivity contribution in [3.63, 3.8) is 0 Å². The van der Waals surface area contributed by atoms with E-state index in [1.165, 1.54) is 25.1 Å². The van der Waals surface area contributed by atoms with Gasteiger partial charge in [-0.25, -0.2) is 12.8 Å². The largest absolute Gasteiger partial charge is 0.345 e. The van der Waals surface area contributed by atoms with Gasteiger partial charge in [-0.05, 0) is 37.8 Å². The number of carbonyl (C=O) groups is 2. The lowest BCUT2D eigenvalue weighted by atomic mass is 10.0. The Morgan fingerprint density at radius 2 is 2.04 bits per heavy atom. The fraction of sp³-hybridized carbons (Fsp3) is 0.500. The number of nitrogens with one attached hydrogen (secondary N) is 2. The molecule has 0 aliphatic carbocycles. The Hall–Kier alpha value is -1.96. The third-order valence-electron chi connectivity index (χ3n) is 4.01. The SMILES string of the molecule is CC(NC(=O)CCC1CCS(=O)(=O)C1)C(=O)Nc1ccccc1F. The summed E-state index contributed by atoms with van der Waals surface area (Å²) in [7, 11) is -2.95. The van der Waals surface area contributed by atoms with E-state index < -0.39 is 27.6 Å². The molecule has 2 atom stereocenters. The maximum absolute atomic E-state index is 13.5. The van der Waals surface area contributed by atoms with Crippen LogP contribution >= 0.6 is 0 Å². The van der Waals surface area contributed by atoms with Crippen LogP contribution in [0.2, 0.25) is 0 Å². The highest BCUT2D eigenvalue weighted by atomic mass is 32.2. The van der Waals surface area contributed by atoms with Gasteiger partial charge in [-0.2, -0.15) is 0 Å². The molecule has 1 aromatic rings. The third kappa shape index (κ3) is 5.30. The van der Waals surface area contributed by atoms with E-state index in [-0.39, 0.29) is 35.4 Å². The molecule has 1 aromatic carbocycles. The van der Waals surface area contributed by atoms with Gasteiger partial charge in [0.25, 0.3) is 0 Å². The number of carbonyl (C=O) groups excluding carboxylic acids is 2. The van der Waals surface area contributed by atoms with Crippen molar-refractivity contribution in [1.29, 1.82) is 0 Å². The molecule has 0 saturated carbocycles. The van der Waals surface area contributed by atoms with Gasteiger partial charge in [0.2, 0.25) is 11.8 Å². The van der Waals surface area contributed by atoms with Crippen LogP contribution in [0, 0.1) is 11.7 Å². The second kappa shape index (κ2) is 7.74. The molecule has 2 rings (SSSR count). The van der Waals surface area contributed by atoms with Gasteiger partial charge in [-0.15, -0.1) is 0 Å². The van der Waals surface area contributed by atoms with Gasteiger partial charge in [0.1, 0.15) is 11.9 Å². The molecule has 0 bridgehead atoms. The third-order valence-corrected chi connectivity index (χ3v) is 5.85. The number of hydrogen-bond acceptors (Lipinski definition) is 4. The lowest BCUT2D eigenvalue weighted by molar-refractivity contribution is -0.126. The van der Waals surface area contributed by atoms with E-state index in [0.29, 0.717) is 12.8 Å². The number of halogens is 1. The minimum atomic E-state index is -2.95. The maximum Gasteiger partial charge on any atom is 0.246 e. The average molecular weight is 356 g/mol. The highest BCUT2D eigenvalue weighted by Gasteiger charge is 2.28. The fourth-order valence-corrected chi connectivity index (χ4v) is 4.53. The molecule has 0 radical (unpaired) electrons. The first kappa shape index (κ1) is 18.4. The minimum Gasteiger partial charge on any atom is -0.345 e. The molecule has 8 heteroatoms. The van der Waals surface area contributed by atoms with Crippen LogP contribution in [0.4, 0.5) is 10.1 Å². The zero-order valence-corrected chi connectivity index (χ0v) is 14.2. The van der Waals surface area contributed by atoms with Crippen molar-refractivity contribution < 1.29 is 22.4 Å². The molecule has 24 heavy (non-hydrogen) atoms. The van der Waals surface area contributed by atoms with Crippen LogP contribution in [0.25, 0.3) is 0 Å². The number of anilines is 1. The van der Waals surface area contributed by atoms with Crippen molar-refractivity contribution in [3.05, 3.63) is 30.1 Å². The zero-order valence-electron chi connectivity index (χ0n) is 13.4. The summed E-state index contributed by atoms with van der Waals surface area (Å²) in [5, 5.41) is 4.96. The first-order valence-corrected chi connectivity index (χ1v) is 9.64. The van der Waals surface area contributed by atoms with Crippen molar-refractivity contribution in [3.8, 4) is 0 Å². The van der Waals surface area contributed by atoms with Gasteiger partial charge in [-0.1, -0.05) is 12.1 Å². The number of rotatable bonds is 6. The van der Waals surface area contributed by atoms with Crippen molar-refractivity contribution in [2.75, 3.05) is 16.8 Å². The topological polar surface area (TPSA) is 92.3 Å². The van der Waals surface area contributed by atoms with Crippen LogP contribution < -0.4 is 10.6 Å². The number of benzene rings is 1. The lowest BCUT2D eigenvalue weighted by Crippen LogP contribution is -2.41. The van der Waals surface area contributed by atoms with Crippen molar-refractivity contribution in [2.45, 2.75) is 32.2 Å². The molecule has 0 aromatic heterocycles. The molecule has 1 saturated heterocycles. The van der Waals surface area contributed by atoms with Crippen molar-refractivity contribution in [2.24, 2.45) is 5.92 Å². The summed E-state index contributed by atoms with van der Waals surface area (Å²) < 4.78 is 36.2. The summed E-state index contributed by atoms with van der Waals surface area (Å²) in [6.07, 6.45) is 1.23. The van der Waals surface area contributed by atoms with Crippen LogP contribution in [0.3, 0.4) is 0 Å². The molecule has 2 N–H and O–H groups in total. The molecule has 1 aliphatic heterocycles. The molecule has 132 valence electrons. The Labute approximate surface area is 140 Å². The highest BCUT2D eigenvalue weighted by molar-refractivity contribution is 7.91. The lowest BCUT2D eigenvalue weighted by Gasteiger charge is -2.15. The molecule has 1 aliphatic rings.